The molecule has 0 aliphatic rings. The van der Waals surface area contributed by atoms with Crippen molar-refractivity contribution in [3.63, 3.8) is 0 Å². The van der Waals surface area contributed by atoms with Gasteiger partial charge in [-0.05, 0) is 26.8 Å². The summed E-state index contributed by atoms with van der Waals surface area (Å²) in [6.45, 7) is 7.57. The second-order valence-corrected chi connectivity index (χ2v) is 3.91. The third kappa shape index (κ3) is 4.88. The van der Waals surface area contributed by atoms with E-state index in [-0.39, 0.29) is 5.97 Å². The van der Waals surface area contributed by atoms with E-state index in [9.17, 15) is 4.79 Å². The third-order valence-electron chi connectivity index (χ3n) is 2.01. The Labute approximate surface area is 80.8 Å². The standard InChI is InChI=1S/C10H21NO2/c1-5-6-7-11-8-10(2,3)9(12)13-4/h11H,5-8H2,1-4H3. The molecule has 1 N–H and O–H groups in total. The van der Waals surface area contributed by atoms with E-state index in [0.717, 1.165) is 13.0 Å². The van der Waals surface area contributed by atoms with Crippen LogP contribution in [-0.4, -0.2) is 26.2 Å². The zero-order valence-electron chi connectivity index (χ0n) is 9.14. The first-order chi connectivity index (χ1) is 6.04. The van der Waals surface area contributed by atoms with Gasteiger partial charge < -0.3 is 10.1 Å². The average molecular weight is 187 g/mol. The van der Waals surface area contributed by atoms with Gasteiger partial charge in [-0.1, -0.05) is 13.3 Å². The number of ether oxygens (including phenoxy) is 1. The number of hydrogen-bond donors (Lipinski definition) is 1. The molecule has 0 spiro atoms. The minimum absolute atomic E-state index is 0.156. The maximum atomic E-state index is 11.2. The molecular formula is C10H21NO2. The first kappa shape index (κ1) is 12.4. The van der Waals surface area contributed by atoms with Crippen molar-refractivity contribution in [3.05, 3.63) is 0 Å². The van der Waals surface area contributed by atoms with Crippen LogP contribution >= 0.6 is 0 Å². The zero-order chi connectivity index (χ0) is 10.3. The summed E-state index contributed by atoms with van der Waals surface area (Å²) >= 11 is 0. The molecule has 0 amide bonds. The molecule has 0 aliphatic carbocycles. The summed E-state index contributed by atoms with van der Waals surface area (Å²) in [4.78, 5) is 11.2. The van der Waals surface area contributed by atoms with E-state index in [2.05, 4.69) is 12.2 Å². The Morgan fingerprint density at radius 2 is 2.08 bits per heavy atom. The predicted octanol–water partition coefficient (Wildman–Crippen LogP) is 1.58. The van der Waals surface area contributed by atoms with E-state index in [4.69, 9.17) is 4.74 Å². The normalized spacial score (nSPS) is 11.4. The Balaban J connectivity index is 3.69. The van der Waals surface area contributed by atoms with E-state index < -0.39 is 5.41 Å². The smallest absolute Gasteiger partial charge is 0.312 e. The third-order valence-corrected chi connectivity index (χ3v) is 2.01. The number of unbranched alkanes of at least 4 members (excludes halogenated alkanes) is 1. The van der Waals surface area contributed by atoms with Gasteiger partial charge in [0.15, 0.2) is 0 Å². The van der Waals surface area contributed by atoms with Gasteiger partial charge in [0, 0.05) is 6.54 Å². The lowest BCUT2D eigenvalue weighted by Crippen LogP contribution is -2.37. The Morgan fingerprint density at radius 3 is 2.54 bits per heavy atom. The highest BCUT2D eigenvalue weighted by Gasteiger charge is 2.27. The molecule has 0 atom stereocenters. The van der Waals surface area contributed by atoms with Crippen molar-refractivity contribution >= 4 is 5.97 Å². The highest BCUT2D eigenvalue weighted by molar-refractivity contribution is 5.75. The van der Waals surface area contributed by atoms with Crippen molar-refractivity contribution in [3.8, 4) is 0 Å². The molecule has 0 aromatic carbocycles. The first-order valence-electron chi connectivity index (χ1n) is 4.83. The summed E-state index contributed by atoms with van der Waals surface area (Å²) in [5, 5.41) is 3.24. The van der Waals surface area contributed by atoms with Gasteiger partial charge in [0.1, 0.15) is 0 Å². The van der Waals surface area contributed by atoms with Gasteiger partial charge in [-0.2, -0.15) is 0 Å². The summed E-state index contributed by atoms with van der Waals surface area (Å²) in [5.41, 5.74) is -0.414. The Bertz CT molecular complexity index is 155. The molecule has 0 unspecified atom stereocenters. The highest BCUT2D eigenvalue weighted by Crippen LogP contribution is 2.15. The monoisotopic (exact) mass is 187 g/mol. The number of rotatable bonds is 6. The van der Waals surface area contributed by atoms with Crippen LogP contribution in [0.4, 0.5) is 0 Å². The maximum Gasteiger partial charge on any atom is 0.312 e. The molecule has 0 heterocycles. The van der Waals surface area contributed by atoms with Gasteiger partial charge in [0.05, 0.1) is 12.5 Å². The highest BCUT2D eigenvalue weighted by atomic mass is 16.5. The SMILES string of the molecule is CCCCNCC(C)(C)C(=O)OC. The molecule has 0 aromatic rings. The average Bonchev–Trinajstić information content (AvgIpc) is 2.11. The first-order valence-corrected chi connectivity index (χ1v) is 4.83. The summed E-state index contributed by atoms with van der Waals surface area (Å²) < 4.78 is 4.69. The lowest BCUT2D eigenvalue weighted by molar-refractivity contribution is -0.150. The van der Waals surface area contributed by atoms with Crippen molar-refractivity contribution in [1.82, 2.24) is 5.32 Å². The summed E-state index contributed by atoms with van der Waals surface area (Å²) in [7, 11) is 1.43. The van der Waals surface area contributed by atoms with Crippen LogP contribution in [0.25, 0.3) is 0 Å². The summed E-state index contributed by atoms with van der Waals surface area (Å²) in [5.74, 6) is -0.156. The predicted molar refractivity (Wildman–Crippen MR) is 53.6 cm³/mol. The Hall–Kier alpha value is -0.570. The van der Waals surface area contributed by atoms with Crippen molar-refractivity contribution in [2.45, 2.75) is 33.6 Å². The fourth-order valence-corrected chi connectivity index (χ4v) is 1.05. The van der Waals surface area contributed by atoms with Crippen molar-refractivity contribution in [2.24, 2.45) is 5.41 Å². The van der Waals surface area contributed by atoms with E-state index in [0.29, 0.717) is 6.54 Å². The minimum Gasteiger partial charge on any atom is -0.469 e. The lowest BCUT2D eigenvalue weighted by Gasteiger charge is -2.21. The van der Waals surface area contributed by atoms with Crippen LogP contribution in [0.5, 0.6) is 0 Å². The molecule has 0 aromatic heterocycles. The molecule has 0 fully saturated rings. The van der Waals surface area contributed by atoms with Crippen LogP contribution < -0.4 is 5.32 Å². The quantitative estimate of drug-likeness (QED) is 0.507. The molecule has 0 rings (SSSR count). The second-order valence-electron chi connectivity index (χ2n) is 3.91. The molecule has 78 valence electrons. The second kappa shape index (κ2) is 5.97. The molecule has 0 bridgehead atoms. The molecule has 13 heavy (non-hydrogen) atoms. The molecule has 3 nitrogen and oxygen atoms in total. The van der Waals surface area contributed by atoms with Gasteiger partial charge in [-0.15, -0.1) is 0 Å². The van der Waals surface area contributed by atoms with Gasteiger partial charge >= 0.3 is 5.97 Å². The number of hydrogen-bond acceptors (Lipinski definition) is 3. The summed E-state index contributed by atoms with van der Waals surface area (Å²) in [6, 6.07) is 0. The Morgan fingerprint density at radius 1 is 1.46 bits per heavy atom. The number of carbonyl (C=O) groups is 1. The summed E-state index contributed by atoms with van der Waals surface area (Å²) in [6.07, 6.45) is 2.32. The fraction of sp³-hybridized carbons (Fsp3) is 0.900. The molecule has 0 saturated carbocycles. The lowest BCUT2D eigenvalue weighted by atomic mass is 9.94. The number of carbonyl (C=O) groups excluding carboxylic acids is 1. The fourth-order valence-electron chi connectivity index (χ4n) is 1.05. The largest absolute Gasteiger partial charge is 0.469 e. The van der Waals surface area contributed by atoms with E-state index in [1.54, 1.807) is 0 Å². The van der Waals surface area contributed by atoms with Crippen LogP contribution in [0.2, 0.25) is 0 Å². The maximum absolute atomic E-state index is 11.2. The molecular weight excluding hydrogens is 166 g/mol. The van der Waals surface area contributed by atoms with Gasteiger partial charge in [0.25, 0.3) is 0 Å². The van der Waals surface area contributed by atoms with Crippen LogP contribution in [0.15, 0.2) is 0 Å². The van der Waals surface area contributed by atoms with Crippen LogP contribution in [0.1, 0.15) is 33.6 Å². The number of nitrogens with one attached hydrogen (secondary N) is 1. The molecule has 3 heteroatoms. The minimum atomic E-state index is -0.414. The molecule has 0 radical (unpaired) electrons. The van der Waals surface area contributed by atoms with Gasteiger partial charge in [-0.3, -0.25) is 4.79 Å². The van der Waals surface area contributed by atoms with Crippen LogP contribution in [0.3, 0.4) is 0 Å². The molecule has 0 saturated heterocycles. The van der Waals surface area contributed by atoms with Gasteiger partial charge in [0.2, 0.25) is 0 Å². The zero-order valence-corrected chi connectivity index (χ0v) is 9.14. The van der Waals surface area contributed by atoms with Crippen molar-refractivity contribution in [2.75, 3.05) is 20.2 Å². The Kier molecular flexibility index (Phi) is 5.71. The van der Waals surface area contributed by atoms with Crippen molar-refractivity contribution < 1.29 is 9.53 Å². The van der Waals surface area contributed by atoms with Gasteiger partial charge in [-0.25, -0.2) is 0 Å². The van der Waals surface area contributed by atoms with E-state index in [1.807, 2.05) is 13.8 Å². The van der Waals surface area contributed by atoms with Crippen LogP contribution in [-0.2, 0) is 9.53 Å². The van der Waals surface area contributed by atoms with E-state index in [1.165, 1.54) is 13.5 Å². The number of esters is 1. The van der Waals surface area contributed by atoms with Crippen molar-refractivity contribution in [1.29, 1.82) is 0 Å². The van der Waals surface area contributed by atoms with Crippen LogP contribution in [0, 0.1) is 5.41 Å². The van der Waals surface area contributed by atoms with E-state index >= 15 is 0 Å². The number of methoxy groups -OCH3 is 1. The topological polar surface area (TPSA) is 38.3 Å². The molecule has 0 aliphatic heterocycles.